The lowest BCUT2D eigenvalue weighted by molar-refractivity contribution is 0.0940. The van der Waals surface area contributed by atoms with Crippen LogP contribution in [-0.2, 0) is 10.0 Å². The van der Waals surface area contributed by atoms with Gasteiger partial charge in [-0.3, -0.25) is 9.10 Å². The van der Waals surface area contributed by atoms with Gasteiger partial charge in [0.05, 0.1) is 16.6 Å². The normalized spacial score (nSPS) is 12.3. The molecule has 0 aliphatic rings. The second kappa shape index (κ2) is 8.94. The number of rotatable bonds is 6. The Morgan fingerprint density at radius 2 is 1.45 bits per heavy atom. The zero-order chi connectivity index (χ0) is 22.8. The van der Waals surface area contributed by atoms with Crippen molar-refractivity contribution < 1.29 is 13.2 Å². The average Bonchev–Trinajstić information content (AvgIpc) is 2.75. The van der Waals surface area contributed by atoms with Gasteiger partial charge >= 0.3 is 0 Å². The van der Waals surface area contributed by atoms with Gasteiger partial charge < -0.3 is 5.32 Å². The van der Waals surface area contributed by atoms with Crippen LogP contribution in [0.5, 0.6) is 0 Å². The Morgan fingerprint density at radius 3 is 2.06 bits per heavy atom. The topological polar surface area (TPSA) is 66.5 Å². The molecule has 0 radical (unpaired) electrons. The summed E-state index contributed by atoms with van der Waals surface area (Å²) in [6.45, 7) is 7.91. The van der Waals surface area contributed by atoms with Gasteiger partial charge in [-0.2, -0.15) is 0 Å². The molecule has 0 heterocycles. The fourth-order valence-corrected chi connectivity index (χ4v) is 4.61. The molecule has 0 aliphatic carbocycles. The second-order valence-electron chi connectivity index (χ2n) is 7.89. The van der Waals surface area contributed by atoms with E-state index in [2.05, 4.69) is 11.4 Å². The third kappa shape index (κ3) is 4.97. The van der Waals surface area contributed by atoms with Gasteiger partial charge in [0.25, 0.3) is 15.9 Å². The second-order valence-corrected chi connectivity index (χ2v) is 9.86. The molecule has 0 aromatic heterocycles. The molecule has 3 aromatic rings. The minimum absolute atomic E-state index is 0.142. The Bertz CT molecular complexity index is 1180. The first-order valence-corrected chi connectivity index (χ1v) is 11.6. The lowest BCUT2D eigenvalue weighted by atomic mass is 9.99. The smallest absolute Gasteiger partial charge is 0.264 e. The van der Waals surface area contributed by atoms with Gasteiger partial charge in [0.1, 0.15) is 0 Å². The molecular formula is C25H28N2O3S. The van der Waals surface area contributed by atoms with E-state index in [4.69, 9.17) is 0 Å². The molecule has 0 saturated carbocycles. The highest BCUT2D eigenvalue weighted by Gasteiger charge is 2.21. The van der Waals surface area contributed by atoms with Crippen LogP contribution in [0.4, 0.5) is 5.69 Å². The predicted molar refractivity (Wildman–Crippen MR) is 125 cm³/mol. The summed E-state index contributed by atoms with van der Waals surface area (Å²) in [5, 5.41) is 3.02. The summed E-state index contributed by atoms with van der Waals surface area (Å²) in [5.74, 6) is -0.205. The maximum Gasteiger partial charge on any atom is 0.264 e. The number of aryl methyl sites for hydroxylation is 3. The molecule has 1 amide bonds. The van der Waals surface area contributed by atoms with Crippen LogP contribution in [0.2, 0.25) is 0 Å². The van der Waals surface area contributed by atoms with Crippen molar-refractivity contribution in [1.82, 2.24) is 5.32 Å². The van der Waals surface area contributed by atoms with Crippen LogP contribution in [0.15, 0.2) is 71.6 Å². The summed E-state index contributed by atoms with van der Waals surface area (Å²) >= 11 is 0. The Balaban J connectivity index is 1.75. The van der Waals surface area contributed by atoms with Crippen LogP contribution >= 0.6 is 0 Å². The van der Waals surface area contributed by atoms with Crippen LogP contribution in [0.1, 0.15) is 45.6 Å². The maximum absolute atomic E-state index is 12.9. The molecule has 3 aromatic carbocycles. The summed E-state index contributed by atoms with van der Waals surface area (Å²) in [5.41, 5.74) is 5.29. The fraction of sp³-hybridized carbons (Fsp3) is 0.240. The molecule has 0 saturated heterocycles. The number of carbonyl (C=O) groups is 1. The zero-order valence-corrected chi connectivity index (χ0v) is 19.3. The van der Waals surface area contributed by atoms with Gasteiger partial charge in [0, 0.05) is 12.6 Å². The summed E-state index contributed by atoms with van der Waals surface area (Å²) in [7, 11) is -2.17. The van der Waals surface area contributed by atoms with Crippen LogP contribution < -0.4 is 9.62 Å². The highest BCUT2D eigenvalue weighted by Crippen LogP contribution is 2.23. The van der Waals surface area contributed by atoms with E-state index in [1.54, 1.807) is 48.5 Å². The summed E-state index contributed by atoms with van der Waals surface area (Å²) in [4.78, 5) is 12.9. The Hall–Kier alpha value is -3.12. The molecular weight excluding hydrogens is 408 g/mol. The average molecular weight is 437 g/mol. The Labute approximate surface area is 184 Å². The van der Waals surface area contributed by atoms with Gasteiger partial charge in [-0.05, 0) is 75.2 Å². The SMILES string of the molecule is Cc1ccc(S(=O)(=O)N(C)c2ccc(C(=O)NC(C)c3cc(C)ccc3C)cc2)cc1. The monoisotopic (exact) mass is 436 g/mol. The first-order valence-electron chi connectivity index (χ1n) is 10.1. The highest BCUT2D eigenvalue weighted by molar-refractivity contribution is 7.92. The van der Waals surface area contributed by atoms with E-state index in [9.17, 15) is 13.2 Å². The molecule has 1 N–H and O–H groups in total. The zero-order valence-electron chi connectivity index (χ0n) is 18.5. The number of hydrogen-bond acceptors (Lipinski definition) is 3. The molecule has 0 aliphatic heterocycles. The standard InChI is InChI=1S/C25H28N2O3S/c1-17-7-14-23(15-8-17)31(29,30)27(5)22-12-10-21(11-13-22)25(28)26-20(4)24-16-18(2)6-9-19(24)3/h6-16,20H,1-5H3,(H,26,28). The molecule has 3 rings (SSSR count). The van der Waals surface area contributed by atoms with Crippen molar-refractivity contribution in [3.05, 3.63) is 94.5 Å². The molecule has 1 unspecified atom stereocenters. The fourth-order valence-electron chi connectivity index (χ4n) is 3.41. The summed E-state index contributed by atoms with van der Waals surface area (Å²) in [6.07, 6.45) is 0. The van der Waals surface area contributed by atoms with Gasteiger partial charge in [-0.15, -0.1) is 0 Å². The first-order chi connectivity index (χ1) is 14.6. The number of nitrogens with zero attached hydrogens (tertiary/aromatic N) is 1. The molecule has 5 nitrogen and oxygen atoms in total. The van der Waals surface area contributed by atoms with E-state index in [0.717, 1.165) is 22.3 Å². The number of benzene rings is 3. The molecule has 0 fully saturated rings. The predicted octanol–water partition coefficient (Wildman–Crippen LogP) is 4.93. The minimum atomic E-state index is -3.67. The van der Waals surface area contributed by atoms with Crippen molar-refractivity contribution >= 4 is 21.6 Å². The molecule has 31 heavy (non-hydrogen) atoms. The summed E-state index contributed by atoms with van der Waals surface area (Å²) < 4.78 is 27.0. The lowest BCUT2D eigenvalue weighted by Gasteiger charge is -2.20. The van der Waals surface area contributed by atoms with E-state index >= 15 is 0 Å². The maximum atomic E-state index is 12.9. The third-order valence-electron chi connectivity index (χ3n) is 5.42. The van der Waals surface area contributed by atoms with E-state index < -0.39 is 10.0 Å². The number of amides is 1. The van der Waals surface area contributed by atoms with Crippen LogP contribution in [-0.4, -0.2) is 21.4 Å². The van der Waals surface area contributed by atoms with Crippen molar-refractivity contribution in [2.75, 3.05) is 11.4 Å². The number of anilines is 1. The van der Waals surface area contributed by atoms with E-state index in [0.29, 0.717) is 11.3 Å². The van der Waals surface area contributed by atoms with Crippen molar-refractivity contribution in [2.24, 2.45) is 0 Å². The quantitative estimate of drug-likeness (QED) is 0.596. The van der Waals surface area contributed by atoms with Crippen LogP contribution in [0.3, 0.4) is 0 Å². The van der Waals surface area contributed by atoms with Gasteiger partial charge in [0.2, 0.25) is 0 Å². The van der Waals surface area contributed by atoms with Crippen LogP contribution in [0, 0.1) is 20.8 Å². The lowest BCUT2D eigenvalue weighted by Crippen LogP contribution is -2.28. The number of carbonyl (C=O) groups excluding carboxylic acids is 1. The van der Waals surface area contributed by atoms with Gasteiger partial charge in [-0.1, -0.05) is 41.5 Å². The van der Waals surface area contributed by atoms with Crippen molar-refractivity contribution in [2.45, 2.75) is 38.6 Å². The van der Waals surface area contributed by atoms with Crippen molar-refractivity contribution in [3.63, 3.8) is 0 Å². The molecule has 162 valence electrons. The van der Waals surface area contributed by atoms with Crippen LogP contribution in [0.25, 0.3) is 0 Å². The largest absolute Gasteiger partial charge is 0.346 e. The Kier molecular flexibility index (Phi) is 6.51. The van der Waals surface area contributed by atoms with E-state index in [-0.39, 0.29) is 16.8 Å². The minimum Gasteiger partial charge on any atom is -0.346 e. The molecule has 6 heteroatoms. The van der Waals surface area contributed by atoms with Gasteiger partial charge in [-0.25, -0.2) is 8.42 Å². The molecule has 1 atom stereocenters. The summed E-state index contributed by atoms with van der Waals surface area (Å²) in [6, 6.07) is 19.3. The first kappa shape index (κ1) is 22.6. The third-order valence-corrected chi connectivity index (χ3v) is 7.22. The number of nitrogens with one attached hydrogen (secondary N) is 1. The molecule has 0 bridgehead atoms. The highest BCUT2D eigenvalue weighted by atomic mass is 32.2. The van der Waals surface area contributed by atoms with Crippen molar-refractivity contribution in [3.8, 4) is 0 Å². The van der Waals surface area contributed by atoms with E-state index in [1.807, 2.05) is 39.8 Å². The number of hydrogen-bond donors (Lipinski definition) is 1. The molecule has 0 spiro atoms. The Morgan fingerprint density at radius 1 is 0.871 bits per heavy atom. The number of sulfonamides is 1. The van der Waals surface area contributed by atoms with Crippen molar-refractivity contribution in [1.29, 1.82) is 0 Å². The van der Waals surface area contributed by atoms with E-state index in [1.165, 1.54) is 11.4 Å². The van der Waals surface area contributed by atoms with Gasteiger partial charge in [0.15, 0.2) is 0 Å².